The maximum Gasteiger partial charge on any atom is 0.433 e. The van der Waals surface area contributed by atoms with Gasteiger partial charge in [-0.1, -0.05) is 18.2 Å². The monoisotopic (exact) mass is 263 g/mol. The van der Waals surface area contributed by atoms with Gasteiger partial charge in [0.1, 0.15) is 4.92 Å². The summed E-state index contributed by atoms with van der Waals surface area (Å²) < 4.78 is 4.83. The van der Waals surface area contributed by atoms with Crippen molar-refractivity contribution >= 4 is 23.4 Å². The quantitative estimate of drug-likeness (QED) is 0.358. The first-order valence-electron chi connectivity index (χ1n) is 5.12. The number of hydrogen-bond acceptors (Lipinski definition) is 5. The molecule has 0 spiro atoms. The molecule has 0 aliphatic carbocycles. The lowest BCUT2D eigenvalue weighted by Crippen LogP contribution is -2.00. The van der Waals surface area contributed by atoms with E-state index in [0.717, 1.165) is 4.90 Å². The number of hydrogen-bond donors (Lipinski definition) is 0. The van der Waals surface area contributed by atoms with Crippen molar-refractivity contribution in [3.05, 3.63) is 58.3 Å². The van der Waals surface area contributed by atoms with E-state index >= 15 is 0 Å². The van der Waals surface area contributed by atoms with E-state index in [1.807, 2.05) is 30.3 Å². The third kappa shape index (κ3) is 2.98. The average molecular weight is 263 g/mol. The van der Waals surface area contributed by atoms with Crippen molar-refractivity contribution in [1.29, 1.82) is 0 Å². The lowest BCUT2D eigenvalue weighted by molar-refractivity contribution is -0.402. The molecule has 0 aliphatic heterocycles. The first-order valence-corrected chi connectivity index (χ1v) is 6.10. The van der Waals surface area contributed by atoms with Gasteiger partial charge in [-0.3, -0.25) is 14.9 Å². The van der Waals surface area contributed by atoms with Crippen LogP contribution in [0.25, 0.3) is 0 Å². The number of nitro groups is 1. The van der Waals surface area contributed by atoms with E-state index in [1.165, 1.54) is 23.9 Å². The Morgan fingerprint density at radius 3 is 2.56 bits per heavy atom. The van der Waals surface area contributed by atoms with Crippen molar-refractivity contribution in [2.24, 2.45) is 0 Å². The van der Waals surface area contributed by atoms with Crippen molar-refractivity contribution in [1.82, 2.24) is 0 Å². The second-order valence-corrected chi connectivity index (χ2v) is 4.47. The third-order valence-corrected chi connectivity index (χ3v) is 3.17. The maximum absolute atomic E-state index is 11.7. The van der Waals surface area contributed by atoms with Crippen LogP contribution in [-0.2, 0) is 0 Å². The Morgan fingerprint density at radius 2 is 1.94 bits per heavy atom. The predicted molar refractivity (Wildman–Crippen MR) is 66.9 cm³/mol. The third-order valence-electron chi connectivity index (χ3n) is 2.16. The molecule has 0 N–H and O–H groups in total. The van der Waals surface area contributed by atoms with E-state index in [0.29, 0.717) is 0 Å². The summed E-state index contributed by atoms with van der Waals surface area (Å²) >= 11 is 1.36. The minimum Gasteiger partial charge on any atom is -0.397 e. The van der Waals surface area contributed by atoms with E-state index in [-0.39, 0.29) is 17.3 Å². The number of carbonyl (C=O) groups excluding carboxylic acids is 1. The van der Waals surface area contributed by atoms with Crippen LogP contribution in [0.5, 0.6) is 0 Å². The van der Waals surface area contributed by atoms with Gasteiger partial charge in [0.25, 0.3) is 0 Å². The molecule has 92 valence electrons. The Labute approximate surface area is 107 Å². The molecule has 1 heterocycles. The molecule has 0 fully saturated rings. The fraction of sp³-hybridized carbons (Fsp3) is 0.0833. The molecular formula is C12H9NO4S. The highest BCUT2D eigenvalue weighted by molar-refractivity contribution is 8.00. The molecule has 0 saturated heterocycles. The number of carbonyl (C=O) groups is 1. The van der Waals surface area contributed by atoms with Gasteiger partial charge >= 0.3 is 5.88 Å². The molecule has 18 heavy (non-hydrogen) atoms. The van der Waals surface area contributed by atoms with Crippen molar-refractivity contribution in [3.8, 4) is 0 Å². The number of ketones is 1. The number of thioether (sulfide) groups is 1. The summed E-state index contributed by atoms with van der Waals surface area (Å²) in [7, 11) is 0. The van der Waals surface area contributed by atoms with Gasteiger partial charge in [0, 0.05) is 4.90 Å². The highest BCUT2D eigenvalue weighted by Crippen LogP contribution is 2.21. The number of rotatable bonds is 5. The molecule has 5 nitrogen and oxygen atoms in total. The predicted octanol–water partition coefficient (Wildman–Crippen LogP) is 3.16. The molecule has 0 unspecified atom stereocenters. The summed E-state index contributed by atoms with van der Waals surface area (Å²) in [6, 6.07) is 11.9. The van der Waals surface area contributed by atoms with Crippen molar-refractivity contribution in [3.63, 3.8) is 0 Å². The molecular weight excluding hydrogens is 254 g/mol. The smallest absolute Gasteiger partial charge is 0.397 e. The van der Waals surface area contributed by atoms with E-state index < -0.39 is 10.8 Å². The largest absolute Gasteiger partial charge is 0.433 e. The van der Waals surface area contributed by atoms with Gasteiger partial charge in [-0.25, -0.2) is 0 Å². The topological polar surface area (TPSA) is 73.3 Å². The van der Waals surface area contributed by atoms with E-state index in [1.54, 1.807) is 0 Å². The molecule has 0 radical (unpaired) electrons. The van der Waals surface area contributed by atoms with Crippen LogP contribution in [0.4, 0.5) is 5.88 Å². The van der Waals surface area contributed by atoms with Crippen molar-refractivity contribution in [2.75, 3.05) is 5.75 Å². The zero-order valence-electron chi connectivity index (χ0n) is 9.24. The number of nitrogens with zero attached hydrogens (tertiary/aromatic N) is 1. The second kappa shape index (κ2) is 5.50. The van der Waals surface area contributed by atoms with Crippen LogP contribution < -0.4 is 0 Å². The fourth-order valence-electron chi connectivity index (χ4n) is 1.31. The van der Waals surface area contributed by atoms with Gasteiger partial charge in [-0.15, -0.1) is 11.8 Å². The highest BCUT2D eigenvalue weighted by atomic mass is 32.2. The van der Waals surface area contributed by atoms with Crippen LogP contribution in [0.2, 0.25) is 0 Å². The molecule has 0 saturated carbocycles. The van der Waals surface area contributed by atoms with Crippen LogP contribution in [-0.4, -0.2) is 16.5 Å². The Bertz CT molecular complexity index is 564. The van der Waals surface area contributed by atoms with Crippen LogP contribution in [0.3, 0.4) is 0 Å². The zero-order chi connectivity index (χ0) is 13.0. The molecule has 2 aromatic rings. The summed E-state index contributed by atoms with van der Waals surface area (Å²) in [5, 5.41) is 10.4. The van der Waals surface area contributed by atoms with Crippen LogP contribution in [0.15, 0.2) is 51.8 Å². The first kappa shape index (κ1) is 12.4. The molecule has 0 aliphatic rings. The first-order chi connectivity index (χ1) is 8.66. The van der Waals surface area contributed by atoms with E-state index in [9.17, 15) is 14.9 Å². The van der Waals surface area contributed by atoms with Gasteiger partial charge < -0.3 is 4.42 Å². The zero-order valence-corrected chi connectivity index (χ0v) is 10.1. The molecule has 1 aromatic carbocycles. The summed E-state index contributed by atoms with van der Waals surface area (Å²) in [5.41, 5.74) is 0. The number of furan rings is 1. The van der Waals surface area contributed by atoms with Crippen LogP contribution in [0, 0.1) is 10.1 Å². The maximum atomic E-state index is 11.7. The Kier molecular flexibility index (Phi) is 3.78. The van der Waals surface area contributed by atoms with Crippen molar-refractivity contribution in [2.45, 2.75) is 4.90 Å². The fourth-order valence-corrected chi connectivity index (χ4v) is 2.10. The SMILES string of the molecule is O=C(CSc1ccccc1)c1ccc([N+](=O)[O-])o1. The normalized spacial score (nSPS) is 10.2. The Hall–Kier alpha value is -2.08. The van der Waals surface area contributed by atoms with Gasteiger partial charge in [0.15, 0.2) is 5.76 Å². The Balaban J connectivity index is 1.97. The highest BCUT2D eigenvalue weighted by Gasteiger charge is 2.17. The number of benzene rings is 1. The van der Waals surface area contributed by atoms with Gasteiger partial charge in [0.05, 0.1) is 11.8 Å². The molecule has 1 aromatic heterocycles. The van der Waals surface area contributed by atoms with E-state index in [2.05, 4.69) is 0 Å². The molecule has 0 atom stereocenters. The lowest BCUT2D eigenvalue weighted by Gasteiger charge is -1.98. The average Bonchev–Trinajstić information content (AvgIpc) is 2.87. The summed E-state index contributed by atoms with van der Waals surface area (Å²) in [6.45, 7) is 0. The number of Topliss-reactive ketones (excluding diaryl/α,β-unsaturated/α-hetero) is 1. The second-order valence-electron chi connectivity index (χ2n) is 3.42. The van der Waals surface area contributed by atoms with Gasteiger partial charge in [0.2, 0.25) is 5.78 Å². The minimum absolute atomic E-state index is 0.0186. The van der Waals surface area contributed by atoms with Gasteiger partial charge in [-0.05, 0) is 18.2 Å². The van der Waals surface area contributed by atoms with Crippen LogP contribution in [0.1, 0.15) is 10.6 Å². The lowest BCUT2D eigenvalue weighted by atomic mass is 10.3. The van der Waals surface area contributed by atoms with Gasteiger partial charge in [-0.2, -0.15) is 0 Å². The molecule has 0 amide bonds. The molecule has 2 rings (SSSR count). The summed E-state index contributed by atoms with van der Waals surface area (Å²) in [6.07, 6.45) is 0. The van der Waals surface area contributed by atoms with Crippen LogP contribution >= 0.6 is 11.8 Å². The molecule has 6 heteroatoms. The standard InChI is InChI=1S/C12H9NO4S/c14-10(8-18-9-4-2-1-3-5-9)11-6-7-12(17-11)13(15)16/h1-7H,8H2. The molecule has 0 bridgehead atoms. The van der Waals surface area contributed by atoms with Crippen molar-refractivity contribution < 1.29 is 14.1 Å². The minimum atomic E-state index is -0.666. The Morgan fingerprint density at radius 1 is 1.22 bits per heavy atom. The summed E-state index contributed by atoms with van der Waals surface area (Å²) in [4.78, 5) is 22.4. The summed E-state index contributed by atoms with van der Waals surface area (Å²) in [5.74, 6) is -0.473. The van der Waals surface area contributed by atoms with E-state index in [4.69, 9.17) is 4.42 Å².